The van der Waals surface area contributed by atoms with Gasteiger partial charge in [-0.2, -0.15) is 0 Å². The molecule has 0 aromatic heterocycles. The molecule has 2 atom stereocenters. The van der Waals surface area contributed by atoms with Gasteiger partial charge in [0.05, 0.1) is 23.0 Å². The van der Waals surface area contributed by atoms with Gasteiger partial charge >= 0.3 is 5.97 Å². The molecule has 0 aliphatic heterocycles. The van der Waals surface area contributed by atoms with E-state index >= 15 is 0 Å². The lowest BCUT2D eigenvalue weighted by molar-refractivity contribution is -0.150. The second-order valence-corrected chi connectivity index (χ2v) is 6.51. The first-order chi connectivity index (χ1) is 8.56. The van der Waals surface area contributed by atoms with E-state index in [1.165, 1.54) is 0 Å². The third kappa shape index (κ3) is 3.69. The Labute approximate surface area is 114 Å². The molecule has 0 spiro atoms. The number of carbonyl (C=O) groups excluding carboxylic acids is 1. The van der Waals surface area contributed by atoms with Crippen LogP contribution in [0.1, 0.15) is 53.4 Å². The maximum atomic E-state index is 12.3. The average molecular weight is 271 g/mol. The fourth-order valence-corrected chi connectivity index (χ4v) is 2.29. The van der Waals surface area contributed by atoms with Crippen molar-refractivity contribution in [2.75, 3.05) is 0 Å². The predicted octanol–water partition coefficient (Wildman–Crippen LogP) is 1.54. The molecule has 110 valence electrons. The Morgan fingerprint density at radius 3 is 1.95 bits per heavy atom. The number of carboxylic acids is 1. The van der Waals surface area contributed by atoms with Crippen LogP contribution in [0.25, 0.3) is 0 Å². The minimum atomic E-state index is -1.07. The molecule has 0 radical (unpaired) electrons. The van der Waals surface area contributed by atoms with Crippen LogP contribution in [0.3, 0.4) is 0 Å². The number of carbonyl (C=O) groups is 2. The van der Waals surface area contributed by atoms with Crippen molar-refractivity contribution in [2.45, 2.75) is 64.5 Å². The van der Waals surface area contributed by atoms with Crippen LogP contribution in [0.5, 0.6) is 0 Å². The van der Waals surface area contributed by atoms with Gasteiger partial charge in [0.25, 0.3) is 0 Å². The molecule has 1 amide bonds. The lowest BCUT2D eigenvalue weighted by atomic mass is 9.77. The van der Waals surface area contributed by atoms with Crippen LogP contribution in [0.4, 0.5) is 0 Å². The zero-order valence-electron chi connectivity index (χ0n) is 12.2. The normalized spacial score (nSPS) is 24.9. The van der Waals surface area contributed by atoms with E-state index < -0.39 is 28.9 Å². The van der Waals surface area contributed by atoms with Crippen LogP contribution >= 0.6 is 0 Å². The lowest BCUT2D eigenvalue weighted by Crippen LogP contribution is -2.59. The minimum absolute atomic E-state index is 0.265. The number of aliphatic carboxylic acids is 1. The van der Waals surface area contributed by atoms with Gasteiger partial charge in [-0.15, -0.1) is 0 Å². The molecule has 0 aromatic carbocycles. The second-order valence-electron chi connectivity index (χ2n) is 6.51. The monoisotopic (exact) mass is 271 g/mol. The van der Waals surface area contributed by atoms with Crippen molar-refractivity contribution >= 4 is 11.9 Å². The van der Waals surface area contributed by atoms with Crippen LogP contribution in [-0.2, 0) is 9.59 Å². The van der Waals surface area contributed by atoms with Gasteiger partial charge < -0.3 is 15.5 Å². The highest BCUT2D eigenvalue weighted by atomic mass is 16.4. The Morgan fingerprint density at radius 1 is 1.05 bits per heavy atom. The van der Waals surface area contributed by atoms with Crippen molar-refractivity contribution in [3.8, 4) is 0 Å². The summed E-state index contributed by atoms with van der Waals surface area (Å²) in [7, 11) is 0. The largest absolute Gasteiger partial charge is 0.481 e. The van der Waals surface area contributed by atoms with Crippen molar-refractivity contribution in [1.82, 2.24) is 5.32 Å². The van der Waals surface area contributed by atoms with E-state index in [0.29, 0.717) is 12.8 Å². The summed E-state index contributed by atoms with van der Waals surface area (Å²) in [5.41, 5.74) is -1.87. The SMILES string of the molecule is CC(C)(O)C(C)(C)NC(=O)C1CCCCC1C(=O)O. The minimum Gasteiger partial charge on any atom is -0.481 e. The third-order valence-electron chi connectivity index (χ3n) is 4.39. The number of hydrogen-bond acceptors (Lipinski definition) is 3. The molecule has 0 heterocycles. The molecular weight excluding hydrogens is 246 g/mol. The highest BCUT2D eigenvalue weighted by Crippen LogP contribution is 2.31. The fourth-order valence-electron chi connectivity index (χ4n) is 2.29. The molecule has 19 heavy (non-hydrogen) atoms. The van der Waals surface area contributed by atoms with Crippen molar-refractivity contribution in [3.05, 3.63) is 0 Å². The fraction of sp³-hybridized carbons (Fsp3) is 0.857. The first-order valence-electron chi connectivity index (χ1n) is 6.83. The van der Waals surface area contributed by atoms with Crippen molar-refractivity contribution in [2.24, 2.45) is 11.8 Å². The van der Waals surface area contributed by atoms with E-state index in [-0.39, 0.29) is 5.91 Å². The average Bonchev–Trinajstić information content (AvgIpc) is 2.26. The summed E-state index contributed by atoms with van der Waals surface area (Å²) in [6.45, 7) is 6.73. The third-order valence-corrected chi connectivity index (χ3v) is 4.39. The molecule has 2 unspecified atom stereocenters. The number of hydrogen-bond donors (Lipinski definition) is 3. The molecule has 5 nitrogen and oxygen atoms in total. The highest BCUT2D eigenvalue weighted by Gasteiger charge is 2.41. The summed E-state index contributed by atoms with van der Waals surface area (Å²) in [6, 6.07) is 0. The van der Waals surface area contributed by atoms with E-state index in [0.717, 1.165) is 12.8 Å². The number of amides is 1. The van der Waals surface area contributed by atoms with Gasteiger partial charge in [0.15, 0.2) is 0 Å². The molecule has 5 heteroatoms. The standard InChI is InChI=1S/C14H25NO4/c1-13(2,14(3,4)19)15-11(16)9-7-5-6-8-10(9)12(17)18/h9-10,19H,5-8H2,1-4H3,(H,15,16)(H,17,18). The van der Waals surface area contributed by atoms with Crippen LogP contribution in [0, 0.1) is 11.8 Å². The van der Waals surface area contributed by atoms with E-state index in [2.05, 4.69) is 5.32 Å². The smallest absolute Gasteiger partial charge is 0.307 e. The Hall–Kier alpha value is -1.10. The van der Waals surface area contributed by atoms with Gasteiger partial charge in [0, 0.05) is 0 Å². The van der Waals surface area contributed by atoms with E-state index in [1.54, 1.807) is 27.7 Å². The van der Waals surface area contributed by atoms with Gasteiger partial charge in [0.2, 0.25) is 5.91 Å². The van der Waals surface area contributed by atoms with Gasteiger partial charge in [-0.3, -0.25) is 9.59 Å². The zero-order valence-corrected chi connectivity index (χ0v) is 12.2. The molecular formula is C14H25NO4. The molecule has 1 aliphatic rings. The topological polar surface area (TPSA) is 86.6 Å². The summed E-state index contributed by atoms with van der Waals surface area (Å²) in [4.78, 5) is 23.5. The summed E-state index contributed by atoms with van der Waals surface area (Å²) >= 11 is 0. The summed E-state index contributed by atoms with van der Waals surface area (Å²) < 4.78 is 0. The Kier molecular flexibility index (Phi) is 4.61. The lowest BCUT2D eigenvalue weighted by Gasteiger charge is -2.40. The molecule has 3 N–H and O–H groups in total. The van der Waals surface area contributed by atoms with E-state index in [9.17, 15) is 19.8 Å². The number of carboxylic acid groups (broad SMARTS) is 1. The van der Waals surface area contributed by atoms with Crippen LogP contribution in [0.15, 0.2) is 0 Å². The first kappa shape index (κ1) is 16.0. The Bertz CT molecular complexity index is 357. The van der Waals surface area contributed by atoms with Gasteiger partial charge in [-0.05, 0) is 40.5 Å². The molecule has 1 aliphatic carbocycles. The van der Waals surface area contributed by atoms with E-state index in [1.807, 2.05) is 0 Å². The maximum Gasteiger partial charge on any atom is 0.307 e. The summed E-state index contributed by atoms with van der Waals surface area (Å²) in [6.07, 6.45) is 2.89. The first-order valence-corrected chi connectivity index (χ1v) is 6.83. The van der Waals surface area contributed by atoms with Crippen LogP contribution in [-0.4, -0.2) is 33.2 Å². The van der Waals surface area contributed by atoms with Gasteiger partial charge in [-0.1, -0.05) is 12.8 Å². The molecule has 0 saturated heterocycles. The summed E-state index contributed by atoms with van der Waals surface area (Å²) in [5.74, 6) is -2.26. The van der Waals surface area contributed by atoms with Crippen molar-refractivity contribution in [1.29, 1.82) is 0 Å². The van der Waals surface area contributed by atoms with Crippen LogP contribution < -0.4 is 5.32 Å². The summed E-state index contributed by atoms with van der Waals surface area (Å²) in [5, 5.41) is 22.0. The van der Waals surface area contributed by atoms with Crippen molar-refractivity contribution in [3.63, 3.8) is 0 Å². The molecule has 0 aromatic rings. The number of rotatable bonds is 4. The molecule has 0 bridgehead atoms. The predicted molar refractivity (Wildman–Crippen MR) is 71.6 cm³/mol. The molecule has 1 fully saturated rings. The number of nitrogens with one attached hydrogen (secondary N) is 1. The zero-order chi connectivity index (χ0) is 14.8. The Morgan fingerprint density at radius 2 is 1.53 bits per heavy atom. The van der Waals surface area contributed by atoms with Gasteiger partial charge in [-0.25, -0.2) is 0 Å². The Balaban J connectivity index is 2.79. The van der Waals surface area contributed by atoms with E-state index in [4.69, 9.17) is 0 Å². The second kappa shape index (κ2) is 5.49. The van der Waals surface area contributed by atoms with Crippen molar-refractivity contribution < 1.29 is 19.8 Å². The number of aliphatic hydroxyl groups is 1. The highest BCUT2D eigenvalue weighted by molar-refractivity contribution is 5.85. The van der Waals surface area contributed by atoms with Crippen LogP contribution in [0.2, 0.25) is 0 Å². The molecule has 1 rings (SSSR count). The molecule has 1 saturated carbocycles. The quantitative estimate of drug-likeness (QED) is 0.724. The maximum absolute atomic E-state index is 12.3. The van der Waals surface area contributed by atoms with Gasteiger partial charge in [0.1, 0.15) is 0 Å².